The van der Waals surface area contributed by atoms with Crippen LogP contribution in [-0.4, -0.2) is 16.1 Å². The first-order chi connectivity index (χ1) is 9.13. The summed E-state index contributed by atoms with van der Waals surface area (Å²) in [5.41, 5.74) is 4.35. The molecule has 0 amide bonds. The van der Waals surface area contributed by atoms with Crippen molar-refractivity contribution in [2.24, 2.45) is 0 Å². The van der Waals surface area contributed by atoms with Gasteiger partial charge in [0.1, 0.15) is 0 Å². The SMILES string of the molecule is CCCNCc1ccc(-n2cnc(C)c2C)c(Cl)c1. The van der Waals surface area contributed by atoms with Gasteiger partial charge in [0.25, 0.3) is 0 Å². The molecular weight excluding hydrogens is 258 g/mol. The van der Waals surface area contributed by atoms with Crippen LogP contribution >= 0.6 is 11.6 Å². The lowest BCUT2D eigenvalue weighted by molar-refractivity contribution is 0.675. The predicted octanol–water partition coefficient (Wildman–Crippen LogP) is 3.64. The molecule has 3 nitrogen and oxygen atoms in total. The summed E-state index contributed by atoms with van der Waals surface area (Å²) in [7, 11) is 0. The Bertz CT molecular complexity index is 561. The van der Waals surface area contributed by atoms with Crippen LogP contribution in [0.5, 0.6) is 0 Å². The van der Waals surface area contributed by atoms with E-state index in [0.717, 1.165) is 41.6 Å². The normalized spacial score (nSPS) is 10.9. The molecular formula is C15H20ClN3. The second-order valence-corrected chi connectivity index (χ2v) is 5.16. The van der Waals surface area contributed by atoms with Crippen molar-refractivity contribution in [1.82, 2.24) is 14.9 Å². The Hall–Kier alpha value is -1.32. The number of aromatic nitrogens is 2. The summed E-state index contributed by atoms with van der Waals surface area (Å²) in [5.74, 6) is 0. The number of aryl methyl sites for hydroxylation is 1. The molecule has 1 aromatic heterocycles. The molecule has 0 bridgehead atoms. The van der Waals surface area contributed by atoms with Gasteiger partial charge in [0.05, 0.1) is 22.7 Å². The average molecular weight is 278 g/mol. The van der Waals surface area contributed by atoms with E-state index in [9.17, 15) is 0 Å². The van der Waals surface area contributed by atoms with Crippen LogP contribution in [0.15, 0.2) is 24.5 Å². The maximum absolute atomic E-state index is 6.38. The van der Waals surface area contributed by atoms with Crippen molar-refractivity contribution in [2.45, 2.75) is 33.7 Å². The Labute approximate surface area is 119 Å². The number of imidazole rings is 1. The molecule has 0 aliphatic heterocycles. The van der Waals surface area contributed by atoms with E-state index < -0.39 is 0 Å². The fourth-order valence-corrected chi connectivity index (χ4v) is 2.30. The van der Waals surface area contributed by atoms with Gasteiger partial charge in [-0.1, -0.05) is 24.6 Å². The molecule has 0 unspecified atom stereocenters. The van der Waals surface area contributed by atoms with E-state index in [1.54, 1.807) is 0 Å². The van der Waals surface area contributed by atoms with Gasteiger partial charge in [0.15, 0.2) is 0 Å². The van der Waals surface area contributed by atoms with Gasteiger partial charge in [0, 0.05) is 12.2 Å². The zero-order valence-electron chi connectivity index (χ0n) is 11.7. The summed E-state index contributed by atoms with van der Waals surface area (Å²) in [4.78, 5) is 4.31. The van der Waals surface area contributed by atoms with Crippen LogP contribution in [0.2, 0.25) is 5.02 Å². The van der Waals surface area contributed by atoms with E-state index in [2.05, 4.69) is 36.3 Å². The van der Waals surface area contributed by atoms with Crippen LogP contribution < -0.4 is 5.32 Å². The average Bonchev–Trinajstić information content (AvgIpc) is 2.71. The number of hydrogen-bond acceptors (Lipinski definition) is 2. The Morgan fingerprint density at radius 3 is 2.68 bits per heavy atom. The maximum atomic E-state index is 6.38. The van der Waals surface area contributed by atoms with Gasteiger partial charge in [-0.05, 0) is 44.5 Å². The molecule has 0 aliphatic rings. The summed E-state index contributed by atoms with van der Waals surface area (Å²) in [6.07, 6.45) is 2.96. The van der Waals surface area contributed by atoms with Crippen molar-refractivity contribution in [3.05, 3.63) is 46.5 Å². The predicted molar refractivity (Wildman–Crippen MR) is 80.0 cm³/mol. The molecule has 1 heterocycles. The molecule has 102 valence electrons. The molecule has 19 heavy (non-hydrogen) atoms. The number of rotatable bonds is 5. The molecule has 2 rings (SSSR count). The van der Waals surface area contributed by atoms with E-state index in [1.807, 2.05) is 23.9 Å². The molecule has 4 heteroatoms. The highest BCUT2D eigenvalue weighted by molar-refractivity contribution is 6.32. The molecule has 0 radical (unpaired) electrons. The number of nitrogens with zero attached hydrogens (tertiary/aromatic N) is 2. The van der Waals surface area contributed by atoms with Crippen molar-refractivity contribution in [2.75, 3.05) is 6.54 Å². The maximum Gasteiger partial charge on any atom is 0.0997 e. The first-order valence-corrected chi connectivity index (χ1v) is 7.01. The molecule has 0 saturated carbocycles. The van der Waals surface area contributed by atoms with E-state index >= 15 is 0 Å². The molecule has 0 fully saturated rings. The molecule has 0 saturated heterocycles. The summed E-state index contributed by atoms with van der Waals surface area (Å²) in [6, 6.07) is 6.19. The second kappa shape index (κ2) is 6.22. The lowest BCUT2D eigenvalue weighted by atomic mass is 10.2. The fraction of sp³-hybridized carbons (Fsp3) is 0.400. The third-order valence-electron chi connectivity index (χ3n) is 3.28. The summed E-state index contributed by atoms with van der Waals surface area (Å²) >= 11 is 6.38. The highest BCUT2D eigenvalue weighted by atomic mass is 35.5. The van der Waals surface area contributed by atoms with Gasteiger partial charge in [-0.15, -0.1) is 0 Å². The first kappa shape index (κ1) is 14.1. The van der Waals surface area contributed by atoms with E-state index in [4.69, 9.17) is 11.6 Å². The van der Waals surface area contributed by atoms with Gasteiger partial charge >= 0.3 is 0 Å². The highest BCUT2D eigenvalue weighted by Gasteiger charge is 2.08. The van der Waals surface area contributed by atoms with Gasteiger partial charge in [-0.2, -0.15) is 0 Å². The zero-order valence-corrected chi connectivity index (χ0v) is 12.5. The molecule has 0 aliphatic carbocycles. The summed E-state index contributed by atoms with van der Waals surface area (Å²) in [6.45, 7) is 8.10. The topological polar surface area (TPSA) is 29.9 Å². The lowest BCUT2D eigenvalue weighted by Crippen LogP contribution is -2.13. The fourth-order valence-electron chi connectivity index (χ4n) is 2.01. The lowest BCUT2D eigenvalue weighted by Gasteiger charge is -2.10. The smallest absolute Gasteiger partial charge is 0.0997 e. The van der Waals surface area contributed by atoms with Crippen LogP contribution in [0.4, 0.5) is 0 Å². The molecule has 2 aromatic rings. The number of benzene rings is 1. The van der Waals surface area contributed by atoms with Crippen molar-refractivity contribution < 1.29 is 0 Å². The largest absolute Gasteiger partial charge is 0.313 e. The van der Waals surface area contributed by atoms with Crippen LogP contribution in [0, 0.1) is 13.8 Å². The Morgan fingerprint density at radius 1 is 1.32 bits per heavy atom. The van der Waals surface area contributed by atoms with Gasteiger partial charge in [-0.3, -0.25) is 0 Å². The minimum Gasteiger partial charge on any atom is -0.313 e. The van der Waals surface area contributed by atoms with E-state index in [-0.39, 0.29) is 0 Å². The van der Waals surface area contributed by atoms with Gasteiger partial charge in [0.2, 0.25) is 0 Å². The number of hydrogen-bond donors (Lipinski definition) is 1. The quantitative estimate of drug-likeness (QED) is 0.846. The Kier molecular flexibility index (Phi) is 4.61. The standard InChI is InChI=1S/C15H20ClN3/c1-4-7-17-9-13-5-6-15(14(16)8-13)19-10-18-11(2)12(19)3/h5-6,8,10,17H,4,7,9H2,1-3H3. The monoisotopic (exact) mass is 277 g/mol. The minimum atomic E-state index is 0.760. The van der Waals surface area contributed by atoms with E-state index in [0.29, 0.717) is 0 Å². The number of halogens is 1. The minimum absolute atomic E-state index is 0.760. The summed E-state index contributed by atoms with van der Waals surface area (Å²) < 4.78 is 2.03. The van der Waals surface area contributed by atoms with Crippen molar-refractivity contribution in [3.63, 3.8) is 0 Å². The van der Waals surface area contributed by atoms with Gasteiger partial charge in [-0.25, -0.2) is 4.98 Å². The van der Waals surface area contributed by atoms with Crippen LogP contribution in [-0.2, 0) is 6.54 Å². The third-order valence-corrected chi connectivity index (χ3v) is 3.58. The van der Waals surface area contributed by atoms with E-state index in [1.165, 1.54) is 5.56 Å². The van der Waals surface area contributed by atoms with Crippen molar-refractivity contribution in [1.29, 1.82) is 0 Å². The highest BCUT2D eigenvalue weighted by Crippen LogP contribution is 2.24. The van der Waals surface area contributed by atoms with Crippen LogP contribution in [0.25, 0.3) is 5.69 Å². The Balaban J connectivity index is 2.22. The van der Waals surface area contributed by atoms with Crippen LogP contribution in [0.1, 0.15) is 30.3 Å². The first-order valence-electron chi connectivity index (χ1n) is 6.63. The summed E-state index contributed by atoms with van der Waals surface area (Å²) in [5, 5.41) is 4.14. The van der Waals surface area contributed by atoms with Crippen molar-refractivity contribution >= 4 is 11.6 Å². The van der Waals surface area contributed by atoms with Crippen LogP contribution in [0.3, 0.4) is 0 Å². The zero-order chi connectivity index (χ0) is 13.8. The molecule has 0 spiro atoms. The molecule has 0 atom stereocenters. The molecule has 1 N–H and O–H groups in total. The number of nitrogens with one attached hydrogen (secondary N) is 1. The second-order valence-electron chi connectivity index (χ2n) is 4.75. The molecule has 1 aromatic carbocycles. The van der Waals surface area contributed by atoms with Crippen molar-refractivity contribution in [3.8, 4) is 5.69 Å². The van der Waals surface area contributed by atoms with Gasteiger partial charge < -0.3 is 9.88 Å². The third kappa shape index (κ3) is 3.17. The Morgan fingerprint density at radius 2 is 2.11 bits per heavy atom.